The summed E-state index contributed by atoms with van der Waals surface area (Å²) in [6.45, 7) is 2.67. The Morgan fingerprint density at radius 3 is 2.95 bits per heavy atom. The lowest BCUT2D eigenvalue weighted by atomic mass is 10.4. The highest BCUT2D eigenvalue weighted by Crippen LogP contribution is 2.26. The van der Waals surface area contributed by atoms with Crippen LogP contribution in [0, 0.1) is 0 Å². The highest BCUT2D eigenvalue weighted by Gasteiger charge is 2.14. The molecule has 0 saturated heterocycles. The molecular formula is C11H12BrN3O2S2. The standard InChI is InChI=1S/C11H12BrN3O2S2/c1-2-9-13-14-11(19-6-10(16)17)15(9)5-8-7(12)3-4-18-8/h3-4H,2,5-6H2,1H3,(H,16,17). The lowest BCUT2D eigenvalue weighted by Gasteiger charge is -2.07. The number of hydrogen-bond donors (Lipinski definition) is 1. The van der Waals surface area contributed by atoms with Gasteiger partial charge in [0, 0.05) is 15.8 Å². The van der Waals surface area contributed by atoms with Crippen molar-refractivity contribution in [1.82, 2.24) is 14.8 Å². The number of aromatic nitrogens is 3. The fraction of sp³-hybridized carbons (Fsp3) is 0.364. The van der Waals surface area contributed by atoms with Gasteiger partial charge in [-0.1, -0.05) is 18.7 Å². The van der Waals surface area contributed by atoms with E-state index in [1.165, 1.54) is 16.6 Å². The van der Waals surface area contributed by atoms with Gasteiger partial charge in [0.1, 0.15) is 5.82 Å². The van der Waals surface area contributed by atoms with E-state index in [1.54, 1.807) is 11.3 Å². The van der Waals surface area contributed by atoms with Crippen LogP contribution >= 0.6 is 39.0 Å². The molecule has 102 valence electrons. The number of rotatable bonds is 6. The number of thiophene rings is 1. The first-order valence-electron chi connectivity index (χ1n) is 5.60. The largest absolute Gasteiger partial charge is 0.481 e. The fourth-order valence-corrected chi connectivity index (χ4v) is 3.70. The Kier molecular flexibility index (Phi) is 5.00. The van der Waals surface area contributed by atoms with Crippen LogP contribution in [-0.4, -0.2) is 31.6 Å². The van der Waals surface area contributed by atoms with E-state index in [0.717, 1.165) is 16.7 Å². The summed E-state index contributed by atoms with van der Waals surface area (Å²) >= 11 is 6.35. The van der Waals surface area contributed by atoms with Crippen molar-refractivity contribution in [3.05, 3.63) is 26.6 Å². The number of hydrogen-bond acceptors (Lipinski definition) is 5. The Balaban J connectivity index is 2.23. The van der Waals surface area contributed by atoms with Gasteiger partial charge in [-0.2, -0.15) is 0 Å². The van der Waals surface area contributed by atoms with Crippen LogP contribution in [0.25, 0.3) is 0 Å². The third-order valence-electron chi connectivity index (χ3n) is 2.43. The molecule has 0 amide bonds. The van der Waals surface area contributed by atoms with Crippen LogP contribution in [0.3, 0.4) is 0 Å². The Labute approximate surface area is 127 Å². The van der Waals surface area contributed by atoms with Crippen LogP contribution in [-0.2, 0) is 17.8 Å². The molecule has 2 aromatic rings. The van der Waals surface area contributed by atoms with E-state index in [-0.39, 0.29) is 5.75 Å². The molecule has 2 heterocycles. The van der Waals surface area contributed by atoms with Crippen LogP contribution in [0.4, 0.5) is 0 Å². The fourth-order valence-electron chi connectivity index (χ4n) is 1.55. The maximum Gasteiger partial charge on any atom is 0.313 e. The van der Waals surface area contributed by atoms with Crippen molar-refractivity contribution in [3.8, 4) is 0 Å². The van der Waals surface area contributed by atoms with Crippen molar-refractivity contribution in [2.45, 2.75) is 25.0 Å². The van der Waals surface area contributed by atoms with Gasteiger partial charge in [0.25, 0.3) is 0 Å². The molecule has 8 heteroatoms. The monoisotopic (exact) mass is 361 g/mol. The molecular weight excluding hydrogens is 350 g/mol. The van der Waals surface area contributed by atoms with E-state index in [4.69, 9.17) is 5.11 Å². The molecule has 0 atom stereocenters. The summed E-state index contributed by atoms with van der Waals surface area (Å²) in [5, 5.41) is 19.6. The second-order valence-electron chi connectivity index (χ2n) is 3.71. The summed E-state index contributed by atoms with van der Waals surface area (Å²) in [7, 11) is 0. The zero-order valence-electron chi connectivity index (χ0n) is 10.2. The second-order valence-corrected chi connectivity index (χ2v) is 6.51. The van der Waals surface area contributed by atoms with Gasteiger partial charge in [0.05, 0.1) is 12.3 Å². The number of nitrogens with zero attached hydrogens (tertiary/aromatic N) is 3. The highest BCUT2D eigenvalue weighted by atomic mass is 79.9. The molecule has 0 aliphatic heterocycles. The van der Waals surface area contributed by atoms with Crippen LogP contribution in [0.15, 0.2) is 21.1 Å². The summed E-state index contributed by atoms with van der Waals surface area (Å²) in [6, 6.07) is 2.00. The van der Waals surface area contributed by atoms with Gasteiger partial charge in [0.15, 0.2) is 5.16 Å². The van der Waals surface area contributed by atoms with Gasteiger partial charge in [0.2, 0.25) is 0 Å². The minimum atomic E-state index is -0.852. The lowest BCUT2D eigenvalue weighted by molar-refractivity contribution is -0.133. The van der Waals surface area contributed by atoms with Gasteiger partial charge in [-0.3, -0.25) is 4.79 Å². The number of aliphatic carboxylic acids is 1. The number of thioether (sulfide) groups is 1. The quantitative estimate of drug-likeness (QED) is 0.801. The molecule has 0 spiro atoms. The molecule has 2 rings (SSSR count). The molecule has 0 bridgehead atoms. The highest BCUT2D eigenvalue weighted by molar-refractivity contribution is 9.10. The first kappa shape index (κ1) is 14.5. The predicted octanol–water partition coefficient (Wildman–Crippen LogP) is 2.89. The van der Waals surface area contributed by atoms with Crippen molar-refractivity contribution < 1.29 is 9.90 Å². The SMILES string of the molecule is CCc1nnc(SCC(=O)O)n1Cc1sccc1Br. The lowest BCUT2D eigenvalue weighted by Crippen LogP contribution is -2.07. The van der Waals surface area contributed by atoms with Gasteiger partial charge < -0.3 is 9.67 Å². The topological polar surface area (TPSA) is 68.0 Å². The molecule has 2 aromatic heterocycles. The zero-order chi connectivity index (χ0) is 13.8. The minimum Gasteiger partial charge on any atom is -0.481 e. The van der Waals surface area contributed by atoms with E-state index < -0.39 is 5.97 Å². The number of carboxylic acid groups (broad SMARTS) is 1. The maximum absolute atomic E-state index is 10.6. The molecule has 0 radical (unpaired) electrons. The Bertz CT molecular complexity index is 582. The van der Waals surface area contributed by atoms with Gasteiger partial charge in [-0.15, -0.1) is 21.5 Å². The van der Waals surface area contributed by atoms with E-state index in [2.05, 4.69) is 26.1 Å². The third kappa shape index (κ3) is 3.58. The molecule has 0 fully saturated rings. The van der Waals surface area contributed by atoms with E-state index in [0.29, 0.717) is 11.7 Å². The summed E-state index contributed by atoms with van der Waals surface area (Å²) in [5.74, 6) is 0.0103. The first-order chi connectivity index (χ1) is 9.11. The normalized spacial score (nSPS) is 10.8. The number of aryl methyl sites for hydroxylation is 1. The summed E-state index contributed by atoms with van der Waals surface area (Å²) in [4.78, 5) is 11.8. The Hall–Kier alpha value is -0.860. The molecule has 0 aliphatic rings. The summed E-state index contributed by atoms with van der Waals surface area (Å²) in [5.41, 5.74) is 0. The number of carbonyl (C=O) groups is 1. The molecule has 0 aromatic carbocycles. The second kappa shape index (κ2) is 6.53. The van der Waals surface area contributed by atoms with E-state index >= 15 is 0 Å². The molecule has 0 unspecified atom stereocenters. The average Bonchev–Trinajstić information content (AvgIpc) is 2.95. The molecule has 19 heavy (non-hydrogen) atoms. The zero-order valence-corrected chi connectivity index (χ0v) is 13.4. The predicted molar refractivity (Wildman–Crippen MR) is 78.9 cm³/mol. The summed E-state index contributed by atoms with van der Waals surface area (Å²) < 4.78 is 3.03. The van der Waals surface area contributed by atoms with Crippen LogP contribution in [0.2, 0.25) is 0 Å². The van der Waals surface area contributed by atoms with Crippen LogP contribution < -0.4 is 0 Å². The smallest absolute Gasteiger partial charge is 0.313 e. The van der Waals surface area contributed by atoms with Gasteiger partial charge >= 0.3 is 5.97 Å². The third-order valence-corrected chi connectivity index (χ3v) is 5.29. The maximum atomic E-state index is 10.6. The van der Waals surface area contributed by atoms with Crippen LogP contribution in [0.5, 0.6) is 0 Å². The molecule has 5 nitrogen and oxygen atoms in total. The van der Waals surface area contributed by atoms with Crippen molar-refractivity contribution in [2.75, 3.05) is 5.75 Å². The molecule has 1 N–H and O–H groups in total. The average molecular weight is 362 g/mol. The van der Waals surface area contributed by atoms with Crippen molar-refractivity contribution >= 4 is 45.0 Å². The van der Waals surface area contributed by atoms with E-state index in [1.807, 2.05) is 22.9 Å². The van der Waals surface area contributed by atoms with Gasteiger partial charge in [-0.25, -0.2) is 0 Å². The van der Waals surface area contributed by atoms with E-state index in [9.17, 15) is 4.79 Å². The molecule has 0 aliphatic carbocycles. The van der Waals surface area contributed by atoms with Gasteiger partial charge in [-0.05, 0) is 27.4 Å². The Morgan fingerprint density at radius 2 is 2.37 bits per heavy atom. The summed E-state index contributed by atoms with van der Waals surface area (Å²) in [6.07, 6.45) is 0.767. The first-order valence-corrected chi connectivity index (χ1v) is 8.26. The minimum absolute atomic E-state index is 0.00649. The van der Waals surface area contributed by atoms with Crippen LogP contribution in [0.1, 0.15) is 17.6 Å². The van der Waals surface area contributed by atoms with Crippen molar-refractivity contribution in [2.24, 2.45) is 0 Å². The number of halogens is 1. The number of carboxylic acids is 1. The molecule has 0 saturated carbocycles. The van der Waals surface area contributed by atoms with Crippen molar-refractivity contribution in [1.29, 1.82) is 0 Å². The van der Waals surface area contributed by atoms with Crippen molar-refractivity contribution in [3.63, 3.8) is 0 Å². The Morgan fingerprint density at radius 1 is 1.58 bits per heavy atom.